The molecule has 1 N–H and O–H groups in total. The third-order valence-electron chi connectivity index (χ3n) is 4.55. The summed E-state index contributed by atoms with van der Waals surface area (Å²) in [7, 11) is 0. The summed E-state index contributed by atoms with van der Waals surface area (Å²) in [5, 5.41) is 0.770. The van der Waals surface area contributed by atoms with Crippen LogP contribution in [0.5, 0.6) is 5.75 Å². The van der Waals surface area contributed by atoms with E-state index in [1.807, 2.05) is 18.2 Å². The zero-order valence-corrected chi connectivity index (χ0v) is 16.6. The molecule has 1 aromatic rings. The second-order valence-corrected chi connectivity index (χ2v) is 8.55. The molecule has 24 heavy (non-hydrogen) atoms. The van der Waals surface area contributed by atoms with Gasteiger partial charge < -0.3 is 14.4 Å². The van der Waals surface area contributed by atoms with E-state index >= 15 is 0 Å². The molecule has 0 aliphatic carbocycles. The van der Waals surface area contributed by atoms with E-state index in [0.29, 0.717) is 12.2 Å². The van der Waals surface area contributed by atoms with E-state index in [-0.39, 0.29) is 5.41 Å². The molecular weight excluding hydrogens is 322 g/mol. The number of morpholine rings is 1. The number of rotatable bonds is 6. The Morgan fingerprint density at radius 2 is 1.83 bits per heavy atom. The van der Waals surface area contributed by atoms with Gasteiger partial charge in [-0.3, -0.25) is 0 Å². The number of hydrogen-bond donors (Lipinski definition) is 1. The smallest absolute Gasteiger partial charge is 0.123 e. The Morgan fingerprint density at radius 3 is 2.46 bits per heavy atom. The Morgan fingerprint density at radius 1 is 1.17 bits per heavy atom. The molecule has 1 fully saturated rings. The van der Waals surface area contributed by atoms with Gasteiger partial charge in [0.15, 0.2) is 0 Å². The summed E-state index contributed by atoms with van der Waals surface area (Å²) in [6, 6.07) is 5.93. The van der Waals surface area contributed by atoms with E-state index in [9.17, 15) is 0 Å². The molecule has 1 heterocycles. The van der Waals surface area contributed by atoms with Crippen LogP contribution in [0.25, 0.3) is 0 Å². The standard InChI is InChI=1S/C20H32ClNO2/c1-15-13-22(14-16(2)24-15)10-6-7-11-23-19-9-8-17(21)12-18(19)20(3,4)5/h8-9,12,15-16H,6-7,10-11,13-14H2,1-5H3/p+1/t15-,16+. The average Bonchev–Trinajstić information content (AvgIpc) is 2.46. The second-order valence-electron chi connectivity index (χ2n) is 8.11. The first-order chi connectivity index (χ1) is 11.3. The summed E-state index contributed by atoms with van der Waals surface area (Å²) < 4.78 is 11.9. The van der Waals surface area contributed by atoms with Crippen molar-refractivity contribution in [3.8, 4) is 5.75 Å². The van der Waals surface area contributed by atoms with Crippen molar-refractivity contribution in [1.82, 2.24) is 0 Å². The van der Waals surface area contributed by atoms with E-state index < -0.39 is 0 Å². The topological polar surface area (TPSA) is 22.9 Å². The molecule has 1 unspecified atom stereocenters. The SMILES string of the molecule is C[C@@H]1C[NH+](CCCCOc2ccc(Cl)cc2C(C)(C)C)C[C@H](C)O1. The third kappa shape index (κ3) is 5.94. The van der Waals surface area contributed by atoms with Crippen molar-refractivity contribution in [2.75, 3.05) is 26.2 Å². The van der Waals surface area contributed by atoms with Crippen LogP contribution in [0.4, 0.5) is 0 Å². The maximum absolute atomic E-state index is 6.15. The molecule has 3 nitrogen and oxygen atoms in total. The van der Waals surface area contributed by atoms with Crippen molar-refractivity contribution >= 4 is 11.6 Å². The minimum absolute atomic E-state index is 0.0322. The molecule has 3 atom stereocenters. The van der Waals surface area contributed by atoms with Gasteiger partial charge in [0, 0.05) is 10.6 Å². The molecule has 1 aliphatic heterocycles. The van der Waals surface area contributed by atoms with Crippen molar-refractivity contribution in [3.63, 3.8) is 0 Å². The van der Waals surface area contributed by atoms with Crippen molar-refractivity contribution in [2.45, 2.75) is 65.1 Å². The first-order valence-electron chi connectivity index (χ1n) is 9.17. The number of ether oxygens (including phenoxy) is 2. The predicted molar refractivity (Wildman–Crippen MR) is 100 cm³/mol. The summed E-state index contributed by atoms with van der Waals surface area (Å²) in [5.41, 5.74) is 1.21. The van der Waals surface area contributed by atoms with Crippen molar-refractivity contribution in [1.29, 1.82) is 0 Å². The number of quaternary nitrogens is 1. The zero-order valence-electron chi connectivity index (χ0n) is 15.8. The highest BCUT2D eigenvalue weighted by Gasteiger charge is 2.25. The fourth-order valence-electron chi connectivity index (χ4n) is 3.47. The van der Waals surface area contributed by atoms with Crippen LogP contribution < -0.4 is 9.64 Å². The molecule has 2 rings (SSSR count). The van der Waals surface area contributed by atoms with Crippen molar-refractivity contribution in [3.05, 3.63) is 28.8 Å². The molecule has 136 valence electrons. The summed E-state index contributed by atoms with van der Waals surface area (Å²) in [6.07, 6.45) is 3.03. The quantitative estimate of drug-likeness (QED) is 0.790. The van der Waals surface area contributed by atoms with E-state index in [1.54, 1.807) is 4.90 Å². The molecule has 1 saturated heterocycles. The minimum Gasteiger partial charge on any atom is -0.493 e. The number of benzene rings is 1. The van der Waals surface area contributed by atoms with Gasteiger partial charge in [-0.05, 0) is 50.3 Å². The lowest BCUT2D eigenvalue weighted by atomic mass is 9.86. The maximum atomic E-state index is 6.15. The Labute approximate surface area is 152 Å². The Bertz CT molecular complexity index is 517. The van der Waals surface area contributed by atoms with Crippen LogP contribution in [0.1, 0.15) is 53.0 Å². The summed E-state index contributed by atoms with van der Waals surface area (Å²) in [6.45, 7) is 15.1. The highest BCUT2D eigenvalue weighted by Crippen LogP contribution is 2.33. The first kappa shape index (κ1) is 19.6. The number of halogens is 1. The van der Waals surface area contributed by atoms with Gasteiger partial charge in [-0.2, -0.15) is 0 Å². The lowest BCUT2D eigenvalue weighted by molar-refractivity contribution is -0.915. The van der Waals surface area contributed by atoms with Gasteiger partial charge in [-0.1, -0.05) is 32.4 Å². The lowest BCUT2D eigenvalue weighted by Crippen LogP contribution is -3.15. The second kappa shape index (κ2) is 8.55. The monoisotopic (exact) mass is 354 g/mol. The number of nitrogens with one attached hydrogen (secondary N) is 1. The Balaban J connectivity index is 1.77. The van der Waals surface area contributed by atoms with Crippen molar-refractivity contribution in [2.24, 2.45) is 0 Å². The minimum atomic E-state index is 0.0322. The van der Waals surface area contributed by atoms with Gasteiger partial charge in [0.25, 0.3) is 0 Å². The summed E-state index contributed by atoms with van der Waals surface area (Å²) in [4.78, 5) is 1.66. The van der Waals surface area contributed by atoms with E-state index in [0.717, 1.165) is 36.9 Å². The van der Waals surface area contributed by atoms with Gasteiger partial charge >= 0.3 is 0 Å². The van der Waals surface area contributed by atoms with Gasteiger partial charge in [0.1, 0.15) is 31.0 Å². The highest BCUT2D eigenvalue weighted by molar-refractivity contribution is 6.30. The molecular formula is C20H33ClNO2+. The molecule has 0 amide bonds. The fourth-order valence-corrected chi connectivity index (χ4v) is 3.64. The average molecular weight is 355 g/mol. The molecule has 0 aromatic heterocycles. The lowest BCUT2D eigenvalue weighted by Gasteiger charge is -2.32. The van der Waals surface area contributed by atoms with Gasteiger partial charge in [0.2, 0.25) is 0 Å². The molecule has 1 aromatic carbocycles. The molecule has 0 saturated carbocycles. The summed E-state index contributed by atoms with van der Waals surface area (Å²) >= 11 is 6.15. The maximum Gasteiger partial charge on any atom is 0.123 e. The normalized spacial score (nSPS) is 24.8. The molecule has 0 bridgehead atoms. The Hall–Kier alpha value is -0.770. The van der Waals surface area contributed by atoms with Crippen LogP contribution in [0.15, 0.2) is 18.2 Å². The van der Waals surface area contributed by atoms with E-state index in [1.165, 1.54) is 18.5 Å². The number of hydrogen-bond acceptors (Lipinski definition) is 2. The third-order valence-corrected chi connectivity index (χ3v) is 4.78. The molecule has 0 spiro atoms. The predicted octanol–water partition coefficient (Wildman–Crippen LogP) is 3.49. The Kier molecular flexibility index (Phi) is 6.97. The van der Waals surface area contributed by atoms with Crippen LogP contribution in [-0.2, 0) is 10.2 Å². The van der Waals surface area contributed by atoms with Crippen LogP contribution in [0.3, 0.4) is 0 Å². The van der Waals surface area contributed by atoms with Crippen LogP contribution in [0, 0.1) is 0 Å². The molecule has 4 heteroatoms. The molecule has 1 aliphatic rings. The van der Waals surface area contributed by atoms with Crippen molar-refractivity contribution < 1.29 is 14.4 Å². The van der Waals surface area contributed by atoms with Gasteiger partial charge in [0.05, 0.1) is 13.2 Å². The van der Waals surface area contributed by atoms with Gasteiger partial charge in [-0.25, -0.2) is 0 Å². The van der Waals surface area contributed by atoms with E-state index in [2.05, 4.69) is 34.6 Å². The van der Waals surface area contributed by atoms with Gasteiger partial charge in [-0.15, -0.1) is 0 Å². The van der Waals surface area contributed by atoms with E-state index in [4.69, 9.17) is 21.1 Å². The summed E-state index contributed by atoms with van der Waals surface area (Å²) in [5.74, 6) is 0.966. The zero-order chi connectivity index (χ0) is 17.7. The van der Waals surface area contributed by atoms with Crippen LogP contribution >= 0.6 is 11.6 Å². The van der Waals surface area contributed by atoms with Crippen LogP contribution in [-0.4, -0.2) is 38.4 Å². The molecule has 0 radical (unpaired) electrons. The fraction of sp³-hybridized carbons (Fsp3) is 0.700. The highest BCUT2D eigenvalue weighted by atomic mass is 35.5. The number of unbranched alkanes of at least 4 members (excludes halogenated alkanes) is 1. The largest absolute Gasteiger partial charge is 0.493 e. The van der Waals surface area contributed by atoms with Crippen LogP contribution in [0.2, 0.25) is 5.02 Å². The first-order valence-corrected chi connectivity index (χ1v) is 9.55.